The number of hydrogen-bond acceptors (Lipinski definition) is 6. The molecule has 218 valence electrons. The van der Waals surface area contributed by atoms with E-state index in [1.165, 1.54) is 43.7 Å². The molecule has 2 rings (SSSR count). The number of rotatable bonds is 12. The molecular formula is C28H47F3N4O3. The van der Waals surface area contributed by atoms with Gasteiger partial charge >= 0.3 is 6.18 Å². The number of carbonyl (C=O) groups excluding carboxylic acids is 2. The maximum atomic E-state index is 13.1. The molecule has 7 nitrogen and oxygen atoms in total. The van der Waals surface area contributed by atoms with Crippen molar-refractivity contribution < 1.29 is 27.5 Å². The number of halogens is 3. The molecule has 0 aromatic heterocycles. The molecule has 1 fully saturated rings. The molecule has 0 spiro atoms. The predicted molar refractivity (Wildman–Crippen MR) is 148 cm³/mol. The highest BCUT2D eigenvalue weighted by atomic mass is 19.4. The number of nitrogens with two attached hydrogens (primary N) is 3. The number of allylic oxidation sites excluding steroid dienone is 2. The number of nitrogens with zero attached hydrogens (tertiary/aromatic N) is 1. The monoisotopic (exact) mass is 544 g/mol. The lowest BCUT2D eigenvalue weighted by Crippen LogP contribution is -2.42. The molecule has 1 aromatic rings. The molecule has 0 heterocycles. The minimum absolute atomic E-state index is 0.0361. The molecule has 10 heteroatoms. The van der Waals surface area contributed by atoms with Gasteiger partial charge in [0.15, 0.2) is 0 Å². The maximum absolute atomic E-state index is 13.1. The number of alkyl halides is 3. The van der Waals surface area contributed by atoms with Crippen molar-refractivity contribution in [2.45, 2.75) is 90.4 Å². The second kappa shape index (κ2) is 22.0. The fourth-order valence-corrected chi connectivity index (χ4v) is 3.57. The first kappa shape index (κ1) is 37.1. The fraction of sp³-hybridized carbons (Fsp3) is 0.571. The predicted octanol–water partition coefficient (Wildman–Crippen LogP) is 5.61. The molecular weight excluding hydrogens is 497 g/mol. The summed E-state index contributed by atoms with van der Waals surface area (Å²) in [5, 5.41) is 0. The van der Waals surface area contributed by atoms with Crippen molar-refractivity contribution in [2.75, 3.05) is 13.7 Å². The van der Waals surface area contributed by atoms with E-state index in [-0.39, 0.29) is 23.6 Å². The Morgan fingerprint density at radius 1 is 1.08 bits per heavy atom. The minimum Gasteiger partial charge on any atom is -0.468 e. The molecule has 38 heavy (non-hydrogen) atoms. The van der Waals surface area contributed by atoms with Crippen LogP contribution in [0.2, 0.25) is 0 Å². The standard InChI is InChI=1S/C21H28F3NO3.C4H8N2.C2H6.CH5N/c1-3-5-18(6-4-13-28-14-26)25(19-11-12-19)20(27)17-9-7-16(8-10-17)15(2)21(22,23)24;5-3-1-2-4-6;2*1-2/h7-10,14-15,18-19H,3-6,11-13H2,1-2H3;1-4H,5-6H2;1-2H3;2H2,1H3/b;3-1-,4-2-;;. The third-order valence-electron chi connectivity index (χ3n) is 5.54. The second-order valence-electron chi connectivity index (χ2n) is 8.15. The van der Waals surface area contributed by atoms with Crippen LogP contribution in [0.1, 0.15) is 88.1 Å². The van der Waals surface area contributed by atoms with Gasteiger partial charge in [0.25, 0.3) is 12.4 Å². The van der Waals surface area contributed by atoms with Crippen molar-refractivity contribution in [1.29, 1.82) is 0 Å². The summed E-state index contributed by atoms with van der Waals surface area (Å²) >= 11 is 0. The number of carbonyl (C=O) groups is 2. The summed E-state index contributed by atoms with van der Waals surface area (Å²) in [6, 6.07) is 5.99. The zero-order chi connectivity index (χ0) is 29.6. The molecule has 1 aliphatic carbocycles. The van der Waals surface area contributed by atoms with Gasteiger partial charge in [-0.3, -0.25) is 9.59 Å². The van der Waals surface area contributed by atoms with Crippen LogP contribution in [0.5, 0.6) is 0 Å². The Kier molecular flexibility index (Phi) is 21.5. The Morgan fingerprint density at radius 3 is 2.00 bits per heavy atom. The van der Waals surface area contributed by atoms with Gasteiger partial charge in [0.1, 0.15) is 0 Å². The smallest absolute Gasteiger partial charge is 0.395 e. The Hall–Kier alpha value is -3.01. The molecule has 0 radical (unpaired) electrons. The third kappa shape index (κ3) is 14.7. The zero-order valence-corrected chi connectivity index (χ0v) is 23.4. The molecule has 2 atom stereocenters. The van der Waals surface area contributed by atoms with E-state index in [0.29, 0.717) is 25.1 Å². The van der Waals surface area contributed by atoms with E-state index in [0.717, 1.165) is 39.0 Å². The fourth-order valence-electron chi connectivity index (χ4n) is 3.57. The lowest BCUT2D eigenvalue weighted by Gasteiger charge is -2.32. The molecule has 0 bridgehead atoms. The summed E-state index contributed by atoms with van der Waals surface area (Å²) in [5.41, 5.74) is 14.9. The van der Waals surface area contributed by atoms with Crippen molar-refractivity contribution in [1.82, 2.24) is 4.90 Å². The van der Waals surface area contributed by atoms with Crippen molar-refractivity contribution in [3.05, 3.63) is 59.9 Å². The highest BCUT2D eigenvalue weighted by molar-refractivity contribution is 5.95. The van der Waals surface area contributed by atoms with E-state index < -0.39 is 12.1 Å². The van der Waals surface area contributed by atoms with Crippen molar-refractivity contribution in [2.24, 2.45) is 17.2 Å². The summed E-state index contributed by atoms with van der Waals surface area (Å²) in [6.45, 7) is 7.91. The number of hydrogen-bond donors (Lipinski definition) is 3. The Balaban J connectivity index is 0. The van der Waals surface area contributed by atoms with Crippen LogP contribution in [0, 0.1) is 0 Å². The lowest BCUT2D eigenvalue weighted by molar-refractivity contribution is -0.146. The summed E-state index contributed by atoms with van der Waals surface area (Å²) in [6.07, 6.45) is 6.88. The average Bonchev–Trinajstić information content (AvgIpc) is 3.77. The van der Waals surface area contributed by atoms with Gasteiger partial charge in [-0.25, -0.2) is 0 Å². The lowest BCUT2D eigenvalue weighted by atomic mass is 9.98. The van der Waals surface area contributed by atoms with Gasteiger partial charge < -0.3 is 26.8 Å². The van der Waals surface area contributed by atoms with Crippen LogP contribution in [0.15, 0.2) is 48.8 Å². The molecule has 1 saturated carbocycles. The number of benzene rings is 1. The van der Waals surface area contributed by atoms with Crippen molar-refractivity contribution in [3.8, 4) is 0 Å². The van der Waals surface area contributed by atoms with Crippen LogP contribution in [-0.4, -0.2) is 49.2 Å². The van der Waals surface area contributed by atoms with E-state index >= 15 is 0 Å². The normalized spacial score (nSPS) is 14.1. The molecule has 1 amide bonds. The third-order valence-corrected chi connectivity index (χ3v) is 5.54. The van der Waals surface area contributed by atoms with Crippen LogP contribution < -0.4 is 17.2 Å². The van der Waals surface area contributed by atoms with Crippen LogP contribution in [0.3, 0.4) is 0 Å². The summed E-state index contributed by atoms with van der Waals surface area (Å²) in [5.74, 6) is -1.70. The molecule has 0 aliphatic heterocycles. The summed E-state index contributed by atoms with van der Waals surface area (Å²) in [7, 11) is 1.50. The van der Waals surface area contributed by atoms with Gasteiger partial charge in [-0.15, -0.1) is 0 Å². The number of ether oxygens (including phenoxy) is 1. The van der Waals surface area contributed by atoms with Crippen LogP contribution in [0.25, 0.3) is 0 Å². The highest BCUT2D eigenvalue weighted by Crippen LogP contribution is 2.35. The molecule has 2 unspecified atom stereocenters. The highest BCUT2D eigenvalue weighted by Gasteiger charge is 2.38. The topological polar surface area (TPSA) is 125 Å². The maximum Gasteiger partial charge on any atom is 0.395 e. The van der Waals surface area contributed by atoms with Gasteiger partial charge in [-0.2, -0.15) is 13.2 Å². The van der Waals surface area contributed by atoms with E-state index in [1.807, 2.05) is 18.7 Å². The van der Waals surface area contributed by atoms with Crippen molar-refractivity contribution >= 4 is 12.4 Å². The Bertz CT molecular complexity index is 786. The van der Waals surface area contributed by atoms with Gasteiger partial charge in [0, 0.05) is 17.6 Å². The summed E-state index contributed by atoms with van der Waals surface area (Å²) < 4.78 is 43.4. The number of amides is 1. The van der Waals surface area contributed by atoms with Crippen LogP contribution in [-0.2, 0) is 9.53 Å². The minimum atomic E-state index is -4.30. The van der Waals surface area contributed by atoms with Gasteiger partial charge in [0.2, 0.25) is 0 Å². The second-order valence-corrected chi connectivity index (χ2v) is 8.15. The molecule has 0 saturated heterocycles. The van der Waals surface area contributed by atoms with E-state index in [1.54, 1.807) is 12.2 Å². The Morgan fingerprint density at radius 2 is 1.61 bits per heavy atom. The first-order valence-electron chi connectivity index (χ1n) is 13.1. The molecule has 1 aliphatic rings. The average molecular weight is 545 g/mol. The zero-order valence-electron chi connectivity index (χ0n) is 23.4. The van der Waals surface area contributed by atoms with E-state index in [4.69, 9.17) is 16.2 Å². The quantitative estimate of drug-likeness (QED) is 0.178. The Labute approximate surface area is 226 Å². The van der Waals surface area contributed by atoms with E-state index in [9.17, 15) is 22.8 Å². The summed E-state index contributed by atoms with van der Waals surface area (Å²) in [4.78, 5) is 25.3. The van der Waals surface area contributed by atoms with Gasteiger partial charge in [-0.05, 0) is 88.3 Å². The first-order valence-corrected chi connectivity index (χ1v) is 13.1. The van der Waals surface area contributed by atoms with E-state index in [2.05, 4.69) is 12.7 Å². The first-order chi connectivity index (χ1) is 18.2. The van der Waals surface area contributed by atoms with Crippen molar-refractivity contribution in [3.63, 3.8) is 0 Å². The van der Waals surface area contributed by atoms with Crippen LogP contribution >= 0.6 is 0 Å². The molecule has 1 aromatic carbocycles. The van der Waals surface area contributed by atoms with Gasteiger partial charge in [0.05, 0.1) is 12.5 Å². The molecule has 6 N–H and O–H groups in total. The van der Waals surface area contributed by atoms with Gasteiger partial charge in [-0.1, -0.05) is 39.3 Å². The largest absolute Gasteiger partial charge is 0.468 e. The van der Waals surface area contributed by atoms with Crippen LogP contribution in [0.4, 0.5) is 13.2 Å². The SMILES string of the molecule is CC.CCCC(CCCOC=O)N(C(=O)c1ccc(C(C)C(F)(F)F)cc1)C1CC1.CN.N/C=C\C=C/N.